The molecule has 88 valence electrons. The van der Waals surface area contributed by atoms with Crippen LogP contribution in [-0.4, -0.2) is 9.55 Å². The van der Waals surface area contributed by atoms with Gasteiger partial charge in [-0.15, -0.1) is 0 Å². The van der Waals surface area contributed by atoms with Gasteiger partial charge in [0.05, 0.1) is 0 Å². The van der Waals surface area contributed by atoms with Gasteiger partial charge in [-0.2, -0.15) is 0 Å². The summed E-state index contributed by atoms with van der Waals surface area (Å²) in [6, 6.07) is 18.7. The second kappa shape index (κ2) is 4.49. The molecule has 0 atom stereocenters. The van der Waals surface area contributed by atoms with E-state index in [4.69, 9.17) is 0 Å². The van der Waals surface area contributed by atoms with Crippen molar-refractivity contribution in [2.45, 2.75) is 6.92 Å². The molecule has 2 aromatic carbocycles. The van der Waals surface area contributed by atoms with E-state index < -0.39 is 0 Å². The van der Waals surface area contributed by atoms with Crippen LogP contribution in [0.2, 0.25) is 0 Å². The Bertz CT molecular complexity index is 636. The van der Waals surface area contributed by atoms with Crippen molar-refractivity contribution in [2.24, 2.45) is 0 Å². The van der Waals surface area contributed by atoms with E-state index >= 15 is 0 Å². The number of aryl methyl sites for hydroxylation is 1. The Hall–Kier alpha value is -2.35. The van der Waals surface area contributed by atoms with Crippen molar-refractivity contribution in [2.75, 3.05) is 0 Å². The van der Waals surface area contributed by atoms with Crippen LogP contribution in [0.4, 0.5) is 0 Å². The number of hydrogen-bond donors (Lipinski definition) is 0. The SMILES string of the molecule is Cc1ccc(-n2ccnc2-c2ccccc2)cc1. The fraction of sp³-hybridized carbons (Fsp3) is 0.0625. The second-order valence-electron chi connectivity index (χ2n) is 4.32. The third-order valence-electron chi connectivity index (χ3n) is 2.98. The largest absolute Gasteiger partial charge is 0.300 e. The molecule has 18 heavy (non-hydrogen) atoms. The molecule has 0 radical (unpaired) electrons. The van der Waals surface area contributed by atoms with Crippen molar-refractivity contribution in [3.8, 4) is 17.1 Å². The van der Waals surface area contributed by atoms with E-state index in [1.807, 2.05) is 30.6 Å². The van der Waals surface area contributed by atoms with Gasteiger partial charge in [-0.05, 0) is 19.1 Å². The fourth-order valence-electron chi connectivity index (χ4n) is 2.02. The minimum absolute atomic E-state index is 0.972. The highest BCUT2D eigenvalue weighted by atomic mass is 15.1. The van der Waals surface area contributed by atoms with Gasteiger partial charge in [-0.1, -0.05) is 48.0 Å². The highest BCUT2D eigenvalue weighted by molar-refractivity contribution is 5.58. The molecule has 0 aliphatic carbocycles. The van der Waals surface area contributed by atoms with E-state index in [0.717, 1.165) is 17.1 Å². The van der Waals surface area contributed by atoms with Gasteiger partial charge >= 0.3 is 0 Å². The first-order valence-electron chi connectivity index (χ1n) is 6.00. The number of nitrogens with zero attached hydrogens (tertiary/aromatic N) is 2. The summed E-state index contributed by atoms with van der Waals surface area (Å²) in [7, 11) is 0. The summed E-state index contributed by atoms with van der Waals surface area (Å²) in [5.41, 5.74) is 3.53. The van der Waals surface area contributed by atoms with Gasteiger partial charge < -0.3 is 0 Å². The summed E-state index contributed by atoms with van der Waals surface area (Å²) >= 11 is 0. The molecule has 2 heteroatoms. The van der Waals surface area contributed by atoms with E-state index in [-0.39, 0.29) is 0 Å². The van der Waals surface area contributed by atoms with Crippen molar-refractivity contribution < 1.29 is 0 Å². The summed E-state index contributed by atoms with van der Waals surface area (Å²) in [5, 5.41) is 0. The Kier molecular flexibility index (Phi) is 2.69. The third kappa shape index (κ3) is 1.93. The Morgan fingerprint density at radius 1 is 0.889 bits per heavy atom. The van der Waals surface area contributed by atoms with Crippen molar-refractivity contribution in [3.63, 3.8) is 0 Å². The van der Waals surface area contributed by atoms with E-state index in [0.29, 0.717) is 0 Å². The Balaban J connectivity index is 2.10. The number of hydrogen-bond acceptors (Lipinski definition) is 1. The van der Waals surface area contributed by atoms with Gasteiger partial charge in [-0.25, -0.2) is 4.98 Å². The number of rotatable bonds is 2. The molecule has 2 nitrogen and oxygen atoms in total. The van der Waals surface area contributed by atoms with Crippen LogP contribution in [0.15, 0.2) is 67.0 Å². The average Bonchev–Trinajstić information content (AvgIpc) is 2.90. The van der Waals surface area contributed by atoms with Crippen LogP contribution in [0, 0.1) is 6.92 Å². The highest BCUT2D eigenvalue weighted by Gasteiger charge is 2.06. The topological polar surface area (TPSA) is 17.8 Å². The number of imidazole rings is 1. The third-order valence-corrected chi connectivity index (χ3v) is 2.98. The molecule has 0 saturated carbocycles. The molecule has 0 N–H and O–H groups in total. The lowest BCUT2D eigenvalue weighted by Crippen LogP contribution is -1.95. The molecule has 3 rings (SSSR count). The van der Waals surface area contributed by atoms with E-state index in [1.165, 1.54) is 5.56 Å². The summed E-state index contributed by atoms with van der Waals surface area (Å²) in [5.74, 6) is 0.972. The van der Waals surface area contributed by atoms with Gasteiger partial charge in [-0.3, -0.25) is 4.57 Å². The van der Waals surface area contributed by atoms with E-state index in [1.54, 1.807) is 0 Å². The minimum Gasteiger partial charge on any atom is -0.300 e. The number of benzene rings is 2. The van der Waals surface area contributed by atoms with Crippen LogP contribution >= 0.6 is 0 Å². The average molecular weight is 234 g/mol. The molecular weight excluding hydrogens is 220 g/mol. The molecule has 0 amide bonds. The van der Waals surface area contributed by atoms with Gasteiger partial charge in [0.2, 0.25) is 0 Å². The van der Waals surface area contributed by atoms with E-state index in [2.05, 4.69) is 52.9 Å². The molecule has 0 unspecified atom stereocenters. The normalized spacial score (nSPS) is 10.5. The van der Waals surface area contributed by atoms with E-state index in [9.17, 15) is 0 Å². The van der Waals surface area contributed by atoms with Crippen LogP contribution in [-0.2, 0) is 0 Å². The molecule has 0 bridgehead atoms. The molecule has 0 aliphatic heterocycles. The maximum atomic E-state index is 4.45. The lowest BCUT2D eigenvalue weighted by Gasteiger charge is -2.08. The Labute approximate surface area is 107 Å². The van der Waals surface area contributed by atoms with Gasteiger partial charge in [0.25, 0.3) is 0 Å². The zero-order valence-electron chi connectivity index (χ0n) is 10.2. The maximum Gasteiger partial charge on any atom is 0.144 e. The fourth-order valence-corrected chi connectivity index (χ4v) is 2.02. The molecule has 3 aromatic rings. The van der Waals surface area contributed by atoms with Crippen molar-refractivity contribution in [1.29, 1.82) is 0 Å². The first-order valence-corrected chi connectivity index (χ1v) is 6.00. The summed E-state index contributed by atoms with van der Waals surface area (Å²) < 4.78 is 2.11. The molecule has 1 heterocycles. The van der Waals surface area contributed by atoms with Gasteiger partial charge in [0.15, 0.2) is 0 Å². The smallest absolute Gasteiger partial charge is 0.144 e. The molecule has 0 fully saturated rings. The van der Waals surface area contributed by atoms with Crippen LogP contribution in [0.5, 0.6) is 0 Å². The minimum atomic E-state index is 0.972. The predicted octanol–water partition coefficient (Wildman–Crippen LogP) is 3.85. The summed E-state index contributed by atoms with van der Waals surface area (Å²) in [6.45, 7) is 2.09. The zero-order valence-corrected chi connectivity index (χ0v) is 10.2. The summed E-state index contributed by atoms with van der Waals surface area (Å²) in [4.78, 5) is 4.45. The van der Waals surface area contributed by atoms with Crippen molar-refractivity contribution >= 4 is 0 Å². The second-order valence-corrected chi connectivity index (χ2v) is 4.32. The standard InChI is InChI=1S/C16H14N2/c1-13-7-9-15(10-8-13)18-12-11-17-16(18)14-5-3-2-4-6-14/h2-12H,1H3. The number of aromatic nitrogens is 2. The Morgan fingerprint density at radius 2 is 1.61 bits per heavy atom. The lowest BCUT2D eigenvalue weighted by molar-refractivity contribution is 1.07. The molecule has 0 aliphatic rings. The van der Waals surface area contributed by atoms with Crippen molar-refractivity contribution in [3.05, 3.63) is 72.6 Å². The van der Waals surface area contributed by atoms with Crippen LogP contribution < -0.4 is 0 Å². The molecular formula is C16H14N2. The van der Waals surface area contributed by atoms with Gasteiger partial charge in [0.1, 0.15) is 5.82 Å². The van der Waals surface area contributed by atoms with Gasteiger partial charge in [0, 0.05) is 23.6 Å². The predicted molar refractivity (Wildman–Crippen MR) is 73.7 cm³/mol. The van der Waals surface area contributed by atoms with Crippen LogP contribution in [0.3, 0.4) is 0 Å². The highest BCUT2D eigenvalue weighted by Crippen LogP contribution is 2.21. The van der Waals surface area contributed by atoms with Crippen molar-refractivity contribution in [1.82, 2.24) is 9.55 Å². The first kappa shape index (κ1) is 10.8. The van der Waals surface area contributed by atoms with Crippen LogP contribution in [0.25, 0.3) is 17.1 Å². The Morgan fingerprint density at radius 3 is 2.33 bits per heavy atom. The molecule has 1 aromatic heterocycles. The maximum absolute atomic E-state index is 4.45. The summed E-state index contributed by atoms with van der Waals surface area (Å²) in [6.07, 6.45) is 3.83. The van der Waals surface area contributed by atoms with Crippen LogP contribution in [0.1, 0.15) is 5.56 Å². The quantitative estimate of drug-likeness (QED) is 0.658. The monoisotopic (exact) mass is 234 g/mol. The zero-order chi connectivity index (χ0) is 12.4. The first-order chi connectivity index (χ1) is 8.84. The molecule has 0 saturated heterocycles. The molecule has 0 spiro atoms. The lowest BCUT2D eigenvalue weighted by atomic mass is 10.2.